The van der Waals surface area contributed by atoms with Gasteiger partial charge in [0.2, 0.25) is 5.95 Å². The van der Waals surface area contributed by atoms with Crippen LogP contribution >= 0.6 is 0 Å². The highest BCUT2D eigenvalue weighted by Crippen LogP contribution is 2.11. The molecule has 1 aromatic carbocycles. The zero-order valence-electron chi connectivity index (χ0n) is 8.88. The van der Waals surface area contributed by atoms with Crippen molar-refractivity contribution in [1.82, 2.24) is 14.8 Å². The number of hydrogen-bond donors (Lipinski definition) is 1. The largest absolute Gasteiger partial charge is 0.367 e. The van der Waals surface area contributed by atoms with E-state index in [9.17, 15) is 0 Å². The van der Waals surface area contributed by atoms with Crippen molar-refractivity contribution in [2.45, 2.75) is 13.5 Å². The third-order valence-corrected chi connectivity index (χ3v) is 2.36. The van der Waals surface area contributed by atoms with Crippen molar-refractivity contribution < 1.29 is 0 Å². The van der Waals surface area contributed by atoms with E-state index in [0.29, 0.717) is 12.1 Å². The zero-order valence-corrected chi connectivity index (χ0v) is 8.88. The van der Waals surface area contributed by atoms with Crippen LogP contribution < -0.4 is 5.73 Å². The quantitative estimate of drug-likeness (QED) is 0.809. The molecule has 0 spiro atoms. The summed E-state index contributed by atoms with van der Waals surface area (Å²) in [6.45, 7) is 2.58. The van der Waals surface area contributed by atoms with E-state index in [1.54, 1.807) is 17.1 Å². The summed E-state index contributed by atoms with van der Waals surface area (Å²) in [5.41, 5.74) is 8.26. The fourth-order valence-electron chi connectivity index (χ4n) is 1.50. The van der Waals surface area contributed by atoms with Crippen LogP contribution in [0, 0.1) is 18.3 Å². The monoisotopic (exact) mass is 213 g/mol. The number of aryl methyl sites for hydroxylation is 1. The molecule has 2 N–H and O–H groups in total. The van der Waals surface area contributed by atoms with Crippen LogP contribution in [0.4, 0.5) is 5.95 Å². The molecule has 0 saturated carbocycles. The number of nitrogens with zero attached hydrogens (tertiary/aromatic N) is 4. The van der Waals surface area contributed by atoms with Gasteiger partial charge in [0, 0.05) is 0 Å². The van der Waals surface area contributed by atoms with E-state index < -0.39 is 0 Å². The number of nitrogen functional groups attached to an aromatic ring is 1. The number of nitriles is 1. The van der Waals surface area contributed by atoms with Crippen molar-refractivity contribution in [2.75, 3.05) is 5.73 Å². The second-order valence-corrected chi connectivity index (χ2v) is 3.55. The van der Waals surface area contributed by atoms with E-state index in [-0.39, 0.29) is 5.95 Å². The van der Waals surface area contributed by atoms with Crippen LogP contribution in [0.1, 0.15) is 16.7 Å². The number of hydrogen-bond acceptors (Lipinski definition) is 4. The van der Waals surface area contributed by atoms with E-state index in [0.717, 1.165) is 11.1 Å². The minimum Gasteiger partial charge on any atom is -0.367 e. The van der Waals surface area contributed by atoms with Gasteiger partial charge in [0.05, 0.1) is 18.2 Å². The molecule has 80 valence electrons. The Morgan fingerprint density at radius 1 is 1.50 bits per heavy atom. The van der Waals surface area contributed by atoms with Gasteiger partial charge in [-0.25, -0.2) is 9.67 Å². The van der Waals surface area contributed by atoms with Gasteiger partial charge in [-0.15, -0.1) is 5.10 Å². The topological polar surface area (TPSA) is 80.5 Å². The SMILES string of the molecule is Cc1cc(C#N)ccc1Cn1cnc(N)n1. The van der Waals surface area contributed by atoms with Crippen molar-refractivity contribution >= 4 is 5.95 Å². The summed E-state index contributed by atoms with van der Waals surface area (Å²) in [6, 6.07) is 7.68. The van der Waals surface area contributed by atoms with Gasteiger partial charge >= 0.3 is 0 Å². The van der Waals surface area contributed by atoms with Crippen molar-refractivity contribution in [2.24, 2.45) is 0 Å². The van der Waals surface area contributed by atoms with Gasteiger partial charge in [-0.05, 0) is 30.2 Å². The number of benzene rings is 1. The van der Waals surface area contributed by atoms with Crippen LogP contribution in [-0.4, -0.2) is 14.8 Å². The van der Waals surface area contributed by atoms with E-state index in [4.69, 9.17) is 11.0 Å². The number of aromatic nitrogens is 3. The molecule has 5 nitrogen and oxygen atoms in total. The first kappa shape index (κ1) is 10.2. The highest BCUT2D eigenvalue weighted by atomic mass is 15.4. The molecule has 2 rings (SSSR count). The molecule has 0 fully saturated rings. The maximum Gasteiger partial charge on any atom is 0.239 e. The molecular weight excluding hydrogens is 202 g/mol. The zero-order chi connectivity index (χ0) is 11.5. The number of nitrogens with two attached hydrogens (primary N) is 1. The highest BCUT2D eigenvalue weighted by molar-refractivity contribution is 5.37. The second-order valence-electron chi connectivity index (χ2n) is 3.55. The predicted molar refractivity (Wildman–Crippen MR) is 59.4 cm³/mol. The van der Waals surface area contributed by atoms with Gasteiger partial charge in [-0.2, -0.15) is 5.26 Å². The Morgan fingerprint density at radius 3 is 2.88 bits per heavy atom. The molecule has 0 aliphatic heterocycles. The van der Waals surface area contributed by atoms with Gasteiger partial charge in [0.25, 0.3) is 0 Å². The third kappa shape index (κ3) is 2.01. The van der Waals surface area contributed by atoms with Crippen molar-refractivity contribution in [3.8, 4) is 6.07 Å². The van der Waals surface area contributed by atoms with Gasteiger partial charge in [0.15, 0.2) is 0 Å². The molecule has 0 bridgehead atoms. The Labute approximate surface area is 93.1 Å². The van der Waals surface area contributed by atoms with Gasteiger partial charge in [-0.1, -0.05) is 6.07 Å². The van der Waals surface area contributed by atoms with Crippen molar-refractivity contribution in [1.29, 1.82) is 5.26 Å². The van der Waals surface area contributed by atoms with E-state index in [1.165, 1.54) is 0 Å². The Hall–Kier alpha value is -2.35. The fraction of sp³-hybridized carbons (Fsp3) is 0.182. The first-order valence-corrected chi connectivity index (χ1v) is 4.83. The number of anilines is 1. The average Bonchev–Trinajstić information content (AvgIpc) is 2.67. The van der Waals surface area contributed by atoms with E-state index in [2.05, 4.69) is 16.2 Å². The first-order valence-electron chi connectivity index (χ1n) is 4.83. The maximum absolute atomic E-state index is 8.75. The smallest absolute Gasteiger partial charge is 0.239 e. The molecule has 5 heteroatoms. The lowest BCUT2D eigenvalue weighted by atomic mass is 10.1. The molecule has 16 heavy (non-hydrogen) atoms. The van der Waals surface area contributed by atoms with Crippen LogP contribution in [0.5, 0.6) is 0 Å². The fourth-order valence-corrected chi connectivity index (χ4v) is 1.50. The molecule has 1 aromatic heterocycles. The van der Waals surface area contributed by atoms with Crippen LogP contribution in [0.2, 0.25) is 0 Å². The lowest BCUT2D eigenvalue weighted by Crippen LogP contribution is -2.03. The Bertz CT molecular complexity index is 550. The Morgan fingerprint density at radius 2 is 2.31 bits per heavy atom. The first-order chi connectivity index (χ1) is 7.69. The van der Waals surface area contributed by atoms with Gasteiger partial charge < -0.3 is 5.73 Å². The second kappa shape index (κ2) is 4.03. The molecule has 1 heterocycles. The van der Waals surface area contributed by atoms with Crippen LogP contribution in [0.25, 0.3) is 0 Å². The summed E-state index contributed by atoms with van der Waals surface area (Å²) in [4.78, 5) is 3.85. The molecule has 0 aliphatic carbocycles. The summed E-state index contributed by atoms with van der Waals surface area (Å²) in [5, 5.41) is 12.8. The summed E-state index contributed by atoms with van der Waals surface area (Å²) < 4.78 is 1.67. The molecule has 0 aliphatic rings. The molecule has 0 saturated heterocycles. The molecule has 0 unspecified atom stereocenters. The van der Waals surface area contributed by atoms with Gasteiger partial charge in [-0.3, -0.25) is 0 Å². The van der Waals surface area contributed by atoms with Crippen LogP contribution in [0.3, 0.4) is 0 Å². The summed E-state index contributed by atoms with van der Waals surface area (Å²) in [7, 11) is 0. The van der Waals surface area contributed by atoms with Crippen molar-refractivity contribution in [3.63, 3.8) is 0 Å². The minimum atomic E-state index is 0.270. The normalized spacial score (nSPS) is 10.0. The maximum atomic E-state index is 8.75. The van der Waals surface area contributed by atoms with Crippen LogP contribution in [-0.2, 0) is 6.54 Å². The summed E-state index contributed by atoms with van der Waals surface area (Å²) >= 11 is 0. The average molecular weight is 213 g/mol. The van der Waals surface area contributed by atoms with Crippen LogP contribution in [0.15, 0.2) is 24.5 Å². The predicted octanol–water partition coefficient (Wildman–Crippen LogP) is 1.09. The van der Waals surface area contributed by atoms with Gasteiger partial charge in [0.1, 0.15) is 6.33 Å². The minimum absolute atomic E-state index is 0.270. The highest BCUT2D eigenvalue weighted by Gasteiger charge is 2.02. The third-order valence-electron chi connectivity index (χ3n) is 2.36. The van der Waals surface area contributed by atoms with E-state index in [1.807, 2.05) is 19.1 Å². The summed E-state index contributed by atoms with van der Waals surface area (Å²) in [6.07, 6.45) is 1.59. The Kier molecular flexibility index (Phi) is 2.56. The van der Waals surface area contributed by atoms with Crippen molar-refractivity contribution in [3.05, 3.63) is 41.2 Å². The molecule has 0 amide bonds. The Balaban J connectivity index is 2.26. The summed E-state index contributed by atoms with van der Waals surface area (Å²) in [5.74, 6) is 0.270. The molecular formula is C11H11N5. The lowest BCUT2D eigenvalue weighted by molar-refractivity contribution is 0.684. The molecule has 0 radical (unpaired) electrons. The number of rotatable bonds is 2. The lowest BCUT2D eigenvalue weighted by Gasteiger charge is -2.05. The molecule has 2 aromatic rings. The standard InChI is InChI=1S/C11H11N5/c1-8-4-9(5-12)2-3-10(8)6-16-7-14-11(13)15-16/h2-4,7H,6H2,1H3,(H2,13,15). The van der Waals surface area contributed by atoms with E-state index >= 15 is 0 Å². The molecule has 0 atom stereocenters.